The number of hydrogen-bond donors (Lipinski definition) is 0. The summed E-state index contributed by atoms with van der Waals surface area (Å²) in [5.41, 5.74) is 3.40. The molecule has 1 unspecified atom stereocenters. The van der Waals surface area contributed by atoms with E-state index in [4.69, 9.17) is 9.72 Å². The summed E-state index contributed by atoms with van der Waals surface area (Å²) in [5.74, 6) is 2.40. The van der Waals surface area contributed by atoms with Gasteiger partial charge in [-0.05, 0) is 68.4 Å². The van der Waals surface area contributed by atoms with Gasteiger partial charge in [-0.2, -0.15) is 0 Å². The topological polar surface area (TPSA) is 44.1 Å². The van der Waals surface area contributed by atoms with Crippen molar-refractivity contribution in [2.45, 2.75) is 44.7 Å². The molecule has 2 aromatic carbocycles. The number of hydrogen-bond acceptors (Lipinski definition) is 5. The van der Waals surface area contributed by atoms with E-state index in [1.54, 1.807) is 27.7 Å². The van der Waals surface area contributed by atoms with Crippen molar-refractivity contribution in [2.75, 3.05) is 12.4 Å². The second-order valence-electron chi connectivity index (χ2n) is 8.77. The normalized spacial score (nSPS) is 15.5. The SMILES string of the molecule is Cc1ccc(OCCCSc2nc3sc4c(c3c(=O)n2-c2ccccc2)CCC(C)C4)cc1. The van der Waals surface area contributed by atoms with Crippen LogP contribution in [0.25, 0.3) is 15.9 Å². The van der Waals surface area contributed by atoms with E-state index in [9.17, 15) is 4.79 Å². The lowest BCUT2D eigenvalue weighted by atomic mass is 9.89. The molecular formula is C27H28N2O2S2. The minimum Gasteiger partial charge on any atom is -0.494 e. The number of thioether (sulfide) groups is 1. The predicted octanol–water partition coefficient (Wildman–Crippen LogP) is 6.44. The maximum absolute atomic E-state index is 13.8. The van der Waals surface area contributed by atoms with Crippen LogP contribution in [0.5, 0.6) is 5.75 Å². The number of rotatable bonds is 7. The van der Waals surface area contributed by atoms with Gasteiger partial charge in [-0.3, -0.25) is 9.36 Å². The van der Waals surface area contributed by atoms with E-state index in [2.05, 4.69) is 26.0 Å². The molecule has 0 fully saturated rings. The Morgan fingerprint density at radius 2 is 1.94 bits per heavy atom. The van der Waals surface area contributed by atoms with Crippen LogP contribution in [0.3, 0.4) is 0 Å². The first-order valence-electron chi connectivity index (χ1n) is 11.5. The molecule has 2 heterocycles. The molecule has 4 aromatic rings. The van der Waals surface area contributed by atoms with E-state index in [-0.39, 0.29) is 5.56 Å². The zero-order valence-corrected chi connectivity index (χ0v) is 20.7. The molecule has 0 radical (unpaired) electrons. The quantitative estimate of drug-likeness (QED) is 0.175. The van der Waals surface area contributed by atoms with Crippen LogP contribution >= 0.6 is 23.1 Å². The zero-order chi connectivity index (χ0) is 22.8. The Morgan fingerprint density at radius 3 is 2.73 bits per heavy atom. The molecule has 0 spiro atoms. The first kappa shape index (κ1) is 22.2. The number of nitrogens with zero attached hydrogens (tertiary/aromatic N) is 2. The molecule has 1 atom stereocenters. The van der Waals surface area contributed by atoms with Crippen LogP contribution in [0.4, 0.5) is 0 Å². The molecule has 170 valence electrons. The van der Waals surface area contributed by atoms with Crippen LogP contribution in [0, 0.1) is 12.8 Å². The molecule has 1 aliphatic rings. The van der Waals surface area contributed by atoms with Crippen molar-refractivity contribution in [3.63, 3.8) is 0 Å². The number of aryl methyl sites for hydroxylation is 2. The third-order valence-electron chi connectivity index (χ3n) is 6.12. The number of thiophene rings is 1. The second kappa shape index (κ2) is 9.74. The van der Waals surface area contributed by atoms with Gasteiger partial charge in [0.25, 0.3) is 5.56 Å². The van der Waals surface area contributed by atoms with Crippen molar-refractivity contribution < 1.29 is 4.74 Å². The Bertz CT molecular complexity index is 1310. The van der Waals surface area contributed by atoms with Crippen LogP contribution in [-0.4, -0.2) is 21.9 Å². The van der Waals surface area contributed by atoms with Crippen molar-refractivity contribution >= 4 is 33.3 Å². The van der Waals surface area contributed by atoms with Crippen molar-refractivity contribution in [1.82, 2.24) is 9.55 Å². The summed E-state index contributed by atoms with van der Waals surface area (Å²) in [5, 5.41) is 1.60. The largest absolute Gasteiger partial charge is 0.494 e. The van der Waals surface area contributed by atoms with E-state index < -0.39 is 0 Å². The van der Waals surface area contributed by atoms with E-state index in [0.717, 1.165) is 58.2 Å². The third-order valence-corrected chi connectivity index (χ3v) is 8.30. The molecule has 0 saturated carbocycles. The monoisotopic (exact) mass is 476 g/mol. The summed E-state index contributed by atoms with van der Waals surface area (Å²) in [6, 6.07) is 18.0. The third kappa shape index (κ3) is 4.73. The van der Waals surface area contributed by atoms with Gasteiger partial charge in [0, 0.05) is 10.6 Å². The molecule has 5 rings (SSSR count). The van der Waals surface area contributed by atoms with Gasteiger partial charge in [0.2, 0.25) is 0 Å². The Morgan fingerprint density at radius 1 is 1.15 bits per heavy atom. The number of fused-ring (bicyclic) bond motifs is 3. The molecule has 0 aliphatic heterocycles. The molecule has 33 heavy (non-hydrogen) atoms. The van der Waals surface area contributed by atoms with Gasteiger partial charge in [0.15, 0.2) is 5.16 Å². The molecule has 0 bridgehead atoms. The van der Waals surface area contributed by atoms with Gasteiger partial charge in [-0.25, -0.2) is 4.98 Å². The van der Waals surface area contributed by atoms with Crippen molar-refractivity contribution in [2.24, 2.45) is 5.92 Å². The highest BCUT2D eigenvalue weighted by atomic mass is 32.2. The minimum absolute atomic E-state index is 0.0664. The van der Waals surface area contributed by atoms with Gasteiger partial charge in [-0.1, -0.05) is 54.6 Å². The first-order valence-corrected chi connectivity index (χ1v) is 13.4. The van der Waals surface area contributed by atoms with E-state index in [1.807, 2.05) is 42.5 Å². The molecule has 6 heteroatoms. The van der Waals surface area contributed by atoms with Crippen molar-refractivity contribution in [3.8, 4) is 11.4 Å². The van der Waals surface area contributed by atoms with Crippen LogP contribution in [0.2, 0.25) is 0 Å². The lowest BCUT2D eigenvalue weighted by Gasteiger charge is -2.17. The molecule has 1 aliphatic carbocycles. The maximum atomic E-state index is 13.8. The Hall–Kier alpha value is -2.57. The molecule has 4 nitrogen and oxygen atoms in total. The number of aromatic nitrogens is 2. The number of para-hydroxylation sites is 1. The highest BCUT2D eigenvalue weighted by Gasteiger charge is 2.25. The zero-order valence-electron chi connectivity index (χ0n) is 19.0. The average Bonchev–Trinajstić information content (AvgIpc) is 3.18. The van der Waals surface area contributed by atoms with Crippen LogP contribution in [0.15, 0.2) is 64.5 Å². The van der Waals surface area contributed by atoms with E-state index >= 15 is 0 Å². The lowest BCUT2D eigenvalue weighted by molar-refractivity contribution is 0.318. The van der Waals surface area contributed by atoms with Gasteiger partial charge < -0.3 is 4.74 Å². The summed E-state index contributed by atoms with van der Waals surface area (Å²) in [6.07, 6.45) is 4.05. The van der Waals surface area contributed by atoms with Crippen LogP contribution < -0.4 is 10.3 Å². The fourth-order valence-electron chi connectivity index (χ4n) is 4.32. The van der Waals surface area contributed by atoms with Crippen molar-refractivity contribution in [3.05, 3.63) is 81.0 Å². The standard InChI is InChI=1S/C27H28N2O2S2/c1-18-9-12-21(13-10-18)31-15-6-16-32-27-28-25-24(22-14-11-19(2)17-23(22)33-25)26(30)29(27)20-7-4-3-5-8-20/h3-5,7-10,12-13,19H,6,11,14-17H2,1-2H3. The van der Waals surface area contributed by atoms with Crippen molar-refractivity contribution in [1.29, 1.82) is 0 Å². The lowest BCUT2D eigenvalue weighted by Crippen LogP contribution is -2.22. The molecule has 0 N–H and O–H groups in total. The summed E-state index contributed by atoms with van der Waals surface area (Å²) >= 11 is 3.35. The van der Waals surface area contributed by atoms with Gasteiger partial charge in [0.05, 0.1) is 17.7 Å². The second-order valence-corrected chi connectivity index (χ2v) is 10.9. The highest BCUT2D eigenvalue weighted by molar-refractivity contribution is 7.99. The van der Waals surface area contributed by atoms with Crippen LogP contribution in [-0.2, 0) is 12.8 Å². The molecule has 0 amide bonds. The number of benzene rings is 2. The Kier molecular flexibility index (Phi) is 6.56. The number of ether oxygens (including phenoxy) is 1. The molecular weight excluding hydrogens is 448 g/mol. The summed E-state index contributed by atoms with van der Waals surface area (Å²) in [4.78, 5) is 21.0. The first-order chi connectivity index (χ1) is 16.1. The highest BCUT2D eigenvalue weighted by Crippen LogP contribution is 2.37. The summed E-state index contributed by atoms with van der Waals surface area (Å²) < 4.78 is 7.68. The van der Waals surface area contributed by atoms with Gasteiger partial charge in [-0.15, -0.1) is 11.3 Å². The smallest absolute Gasteiger partial charge is 0.267 e. The Labute approximate surface area is 202 Å². The van der Waals surface area contributed by atoms with Gasteiger partial charge >= 0.3 is 0 Å². The average molecular weight is 477 g/mol. The van der Waals surface area contributed by atoms with Gasteiger partial charge in [0.1, 0.15) is 10.6 Å². The fourth-order valence-corrected chi connectivity index (χ4v) is 6.67. The van der Waals surface area contributed by atoms with E-state index in [0.29, 0.717) is 12.5 Å². The summed E-state index contributed by atoms with van der Waals surface area (Å²) in [7, 11) is 0. The molecule has 2 aromatic heterocycles. The summed E-state index contributed by atoms with van der Waals surface area (Å²) in [6.45, 7) is 5.00. The maximum Gasteiger partial charge on any atom is 0.267 e. The fraction of sp³-hybridized carbons (Fsp3) is 0.333. The molecule has 0 saturated heterocycles. The van der Waals surface area contributed by atoms with Crippen LogP contribution in [0.1, 0.15) is 35.8 Å². The minimum atomic E-state index is 0.0664. The Balaban J connectivity index is 1.41. The van der Waals surface area contributed by atoms with E-state index in [1.165, 1.54) is 16.0 Å². The predicted molar refractivity (Wildman–Crippen MR) is 138 cm³/mol.